The average molecular weight is 225 g/mol. The van der Waals surface area contributed by atoms with Crippen molar-refractivity contribution in [2.75, 3.05) is 11.9 Å². The molecule has 2 unspecified atom stereocenters. The molecule has 15 heavy (non-hydrogen) atoms. The van der Waals surface area contributed by atoms with Gasteiger partial charge in [-0.25, -0.2) is 4.98 Å². The molecule has 0 aromatic carbocycles. The highest BCUT2D eigenvalue weighted by Crippen LogP contribution is 2.30. The number of aryl methyl sites for hydroxylation is 1. The van der Waals surface area contributed by atoms with Gasteiger partial charge in [0, 0.05) is 18.1 Å². The Morgan fingerprint density at radius 1 is 1.53 bits per heavy atom. The van der Waals surface area contributed by atoms with Crippen LogP contribution in [0.2, 0.25) is 0 Å². The molecule has 1 aliphatic carbocycles. The van der Waals surface area contributed by atoms with Gasteiger partial charge in [-0.05, 0) is 37.3 Å². The van der Waals surface area contributed by atoms with E-state index in [1.165, 1.54) is 18.4 Å². The van der Waals surface area contributed by atoms with Crippen LogP contribution in [0.3, 0.4) is 0 Å². The van der Waals surface area contributed by atoms with Crippen molar-refractivity contribution in [1.82, 2.24) is 4.98 Å². The molecule has 0 saturated heterocycles. The van der Waals surface area contributed by atoms with Crippen LogP contribution < -0.4 is 5.32 Å². The Morgan fingerprint density at radius 3 is 3.07 bits per heavy atom. The zero-order valence-corrected chi connectivity index (χ0v) is 9.80. The number of hydrogen-bond donors (Lipinski definition) is 1. The molecule has 1 saturated carbocycles. The Morgan fingerprint density at radius 2 is 2.40 bits per heavy atom. The Bertz CT molecular complexity index is 327. The van der Waals surface area contributed by atoms with Gasteiger partial charge in [0.25, 0.3) is 0 Å². The van der Waals surface area contributed by atoms with E-state index in [0.29, 0.717) is 11.3 Å². The maximum Gasteiger partial charge on any atom is 0.128 e. The van der Waals surface area contributed by atoms with Gasteiger partial charge < -0.3 is 5.32 Å². The number of pyridine rings is 1. The van der Waals surface area contributed by atoms with Crippen LogP contribution in [0.15, 0.2) is 18.3 Å². The third kappa shape index (κ3) is 2.63. The predicted octanol–water partition coefficient (Wildman–Crippen LogP) is 3.21. The molecule has 0 bridgehead atoms. The number of alkyl halides is 1. The van der Waals surface area contributed by atoms with Crippen LogP contribution in [-0.4, -0.2) is 16.9 Å². The Labute approximate surface area is 96.1 Å². The third-order valence-electron chi connectivity index (χ3n) is 3.11. The molecule has 0 aliphatic heterocycles. The molecule has 0 spiro atoms. The fraction of sp³-hybridized carbons (Fsp3) is 0.583. The average Bonchev–Trinajstić information content (AvgIpc) is 2.63. The number of halogens is 1. The van der Waals surface area contributed by atoms with E-state index < -0.39 is 0 Å². The van der Waals surface area contributed by atoms with Crippen LogP contribution in [0.4, 0.5) is 5.82 Å². The lowest BCUT2D eigenvalue weighted by Crippen LogP contribution is -2.19. The minimum atomic E-state index is 0.349. The van der Waals surface area contributed by atoms with Gasteiger partial charge in [-0.1, -0.05) is 12.5 Å². The number of anilines is 1. The molecule has 0 radical (unpaired) electrons. The van der Waals surface area contributed by atoms with E-state index in [4.69, 9.17) is 11.6 Å². The molecule has 1 aromatic heterocycles. The van der Waals surface area contributed by atoms with Crippen molar-refractivity contribution < 1.29 is 0 Å². The quantitative estimate of drug-likeness (QED) is 0.798. The summed E-state index contributed by atoms with van der Waals surface area (Å²) in [7, 11) is 0. The Hall–Kier alpha value is -0.760. The van der Waals surface area contributed by atoms with Crippen LogP contribution in [0, 0.1) is 12.8 Å². The molecule has 1 heterocycles. The van der Waals surface area contributed by atoms with Gasteiger partial charge in [0.1, 0.15) is 5.82 Å². The van der Waals surface area contributed by atoms with E-state index in [2.05, 4.69) is 23.3 Å². The first-order valence-corrected chi connectivity index (χ1v) is 6.00. The Balaban J connectivity index is 1.90. The number of nitrogens with one attached hydrogen (secondary N) is 1. The van der Waals surface area contributed by atoms with Crippen molar-refractivity contribution in [3.8, 4) is 0 Å². The normalized spacial score (nSPS) is 25.5. The monoisotopic (exact) mass is 224 g/mol. The second kappa shape index (κ2) is 4.84. The topological polar surface area (TPSA) is 24.9 Å². The van der Waals surface area contributed by atoms with Gasteiger partial charge in [-0.3, -0.25) is 0 Å². The predicted molar refractivity (Wildman–Crippen MR) is 64.4 cm³/mol. The fourth-order valence-electron chi connectivity index (χ4n) is 2.12. The van der Waals surface area contributed by atoms with E-state index in [9.17, 15) is 0 Å². The molecule has 1 aliphatic rings. The zero-order chi connectivity index (χ0) is 10.7. The summed E-state index contributed by atoms with van der Waals surface area (Å²) in [5.41, 5.74) is 1.20. The maximum absolute atomic E-state index is 6.22. The van der Waals surface area contributed by atoms with E-state index in [0.717, 1.165) is 18.8 Å². The summed E-state index contributed by atoms with van der Waals surface area (Å²) in [4.78, 5) is 4.31. The van der Waals surface area contributed by atoms with E-state index in [1.807, 2.05) is 12.3 Å². The molecule has 1 N–H and O–H groups in total. The summed E-state index contributed by atoms with van der Waals surface area (Å²) >= 11 is 6.22. The first-order valence-electron chi connectivity index (χ1n) is 5.57. The number of aromatic nitrogens is 1. The van der Waals surface area contributed by atoms with Crippen LogP contribution >= 0.6 is 11.6 Å². The van der Waals surface area contributed by atoms with Crippen molar-refractivity contribution in [2.45, 2.75) is 31.6 Å². The highest BCUT2D eigenvalue weighted by atomic mass is 35.5. The van der Waals surface area contributed by atoms with E-state index in [-0.39, 0.29) is 0 Å². The van der Waals surface area contributed by atoms with Crippen molar-refractivity contribution in [3.63, 3.8) is 0 Å². The summed E-state index contributed by atoms with van der Waals surface area (Å²) in [5, 5.41) is 3.74. The largest absolute Gasteiger partial charge is 0.370 e. The van der Waals surface area contributed by atoms with Gasteiger partial charge in [-0.15, -0.1) is 11.6 Å². The highest BCUT2D eigenvalue weighted by Gasteiger charge is 2.24. The van der Waals surface area contributed by atoms with Crippen molar-refractivity contribution in [3.05, 3.63) is 23.9 Å². The first kappa shape index (κ1) is 10.7. The second-order valence-corrected chi connectivity index (χ2v) is 4.82. The van der Waals surface area contributed by atoms with Crippen molar-refractivity contribution in [1.29, 1.82) is 0 Å². The van der Waals surface area contributed by atoms with Crippen LogP contribution in [0.25, 0.3) is 0 Å². The number of nitrogens with zero attached hydrogens (tertiary/aromatic N) is 1. The smallest absolute Gasteiger partial charge is 0.128 e. The summed E-state index contributed by atoms with van der Waals surface area (Å²) in [6.45, 7) is 3.02. The van der Waals surface area contributed by atoms with Gasteiger partial charge in [-0.2, -0.15) is 0 Å². The number of hydrogen-bond acceptors (Lipinski definition) is 2. The Kier molecular flexibility index (Phi) is 3.47. The third-order valence-corrected chi connectivity index (χ3v) is 3.68. The molecule has 82 valence electrons. The molecule has 1 fully saturated rings. The summed E-state index contributed by atoms with van der Waals surface area (Å²) in [5.74, 6) is 1.60. The molecule has 0 amide bonds. The van der Waals surface area contributed by atoms with Gasteiger partial charge in [0.15, 0.2) is 0 Å². The standard InChI is InChI=1S/C12H17ClN2/c1-9-4-3-7-14-12(9)15-8-10-5-2-6-11(10)13/h3-4,7,10-11H,2,5-6,8H2,1H3,(H,14,15). The fourth-order valence-corrected chi connectivity index (χ4v) is 2.49. The molecule has 2 rings (SSSR count). The lowest BCUT2D eigenvalue weighted by Gasteiger charge is -2.15. The van der Waals surface area contributed by atoms with Crippen molar-refractivity contribution in [2.24, 2.45) is 5.92 Å². The lowest BCUT2D eigenvalue weighted by atomic mass is 10.1. The zero-order valence-electron chi connectivity index (χ0n) is 9.04. The number of rotatable bonds is 3. The summed E-state index contributed by atoms with van der Waals surface area (Å²) < 4.78 is 0. The van der Waals surface area contributed by atoms with Crippen LogP contribution in [0.5, 0.6) is 0 Å². The summed E-state index contributed by atoms with van der Waals surface area (Å²) in [6, 6.07) is 4.03. The SMILES string of the molecule is Cc1cccnc1NCC1CCCC1Cl. The van der Waals surface area contributed by atoms with Crippen LogP contribution in [-0.2, 0) is 0 Å². The van der Waals surface area contributed by atoms with Gasteiger partial charge >= 0.3 is 0 Å². The molecule has 2 atom stereocenters. The minimum Gasteiger partial charge on any atom is -0.370 e. The lowest BCUT2D eigenvalue weighted by molar-refractivity contribution is 0.585. The molecule has 3 heteroatoms. The minimum absolute atomic E-state index is 0.349. The summed E-state index contributed by atoms with van der Waals surface area (Å²) in [6.07, 6.45) is 5.49. The first-order chi connectivity index (χ1) is 7.27. The molecular weight excluding hydrogens is 208 g/mol. The van der Waals surface area contributed by atoms with E-state index in [1.54, 1.807) is 0 Å². The maximum atomic E-state index is 6.22. The van der Waals surface area contributed by atoms with E-state index >= 15 is 0 Å². The molecular formula is C12H17ClN2. The van der Waals surface area contributed by atoms with Crippen LogP contribution in [0.1, 0.15) is 24.8 Å². The van der Waals surface area contributed by atoms with Gasteiger partial charge in [0.2, 0.25) is 0 Å². The molecule has 2 nitrogen and oxygen atoms in total. The highest BCUT2D eigenvalue weighted by molar-refractivity contribution is 6.20. The van der Waals surface area contributed by atoms with Crippen molar-refractivity contribution >= 4 is 17.4 Å². The van der Waals surface area contributed by atoms with Gasteiger partial charge in [0.05, 0.1) is 0 Å². The molecule has 1 aromatic rings. The second-order valence-electron chi connectivity index (χ2n) is 4.26.